The van der Waals surface area contributed by atoms with E-state index in [9.17, 15) is 14.4 Å². The predicted molar refractivity (Wildman–Crippen MR) is 94.4 cm³/mol. The van der Waals surface area contributed by atoms with Crippen LogP contribution in [-0.4, -0.2) is 72.4 Å². The highest BCUT2D eigenvalue weighted by molar-refractivity contribution is 5.98. The van der Waals surface area contributed by atoms with Crippen molar-refractivity contribution < 1.29 is 19.1 Å². The lowest BCUT2D eigenvalue weighted by atomic mass is 9.98. The molecule has 0 aromatic heterocycles. The average molecular weight is 360 g/mol. The molecule has 2 saturated heterocycles. The van der Waals surface area contributed by atoms with E-state index in [-0.39, 0.29) is 24.3 Å². The van der Waals surface area contributed by atoms with Gasteiger partial charge in [-0.25, -0.2) is 0 Å². The van der Waals surface area contributed by atoms with Crippen LogP contribution in [0.2, 0.25) is 0 Å². The SMILES string of the molecule is COc1ccc(C[C@@H]2NC(=O)[C@H]3CN(C(=O)[C@H](C)N)CCN3C2=O)cc1. The summed E-state index contributed by atoms with van der Waals surface area (Å²) in [5.74, 6) is 0.191. The highest BCUT2D eigenvalue weighted by Crippen LogP contribution is 2.20. The number of fused-ring (bicyclic) bond motifs is 1. The van der Waals surface area contributed by atoms with E-state index in [2.05, 4.69) is 5.32 Å². The first-order valence-electron chi connectivity index (χ1n) is 8.69. The van der Waals surface area contributed by atoms with Gasteiger partial charge in [0.2, 0.25) is 17.7 Å². The van der Waals surface area contributed by atoms with Gasteiger partial charge in [-0.1, -0.05) is 12.1 Å². The van der Waals surface area contributed by atoms with Crippen LogP contribution in [-0.2, 0) is 20.8 Å². The lowest BCUT2D eigenvalue weighted by molar-refractivity contribution is -0.155. The van der Waals surface area contributed by atoms with Crippen LogP contribution in [0, 0.1) is 0 Å². The number of hydrogen-bond acceptors (Lipinski definition) is 5. The number of nitrogens with zero attached hydrogens (tertiary/aromatic N) is 2. The van der Waals surface area contributed by atoms with Crippen molar-refractivity contribution in [3.8, 4) is 5.75 Å². The number of carbonyl (C=O) groups is 3. The molecule has 3 amide bonds. The number of rotatable bonds is 4. The zero-order valence-corrected chi connectivity index (χ0v) is 15.0. The van der Waals surface area contributed by atoms with E-state index in [1.54, 1.807) is 23.8 Å². The van der Waals surface area contributed by atoms with Gasteiger partial charge in [-0.3, -0.25) is 14.4 Å². The minimum absolute atomic E-state index is 0.113. The molecule has 1 aromatic carbocycles. The van der Waals surface area contributed by atoms with Crippen LogP contribution in [0.3, 0.4) is 0 Å². The summed E-state index contributed by atoms with van der Waals surface area (Å²) in [6.45, 7) is 2.54. The highest BCUT2D eigenvalue weighted by Gasteiger charge is 2.44. The number of nitrogens with one attached hydrogen (secondary N) is 1. The fourth-order valence-corrected chi connectivity index (χ4v) is 3.42. The molecule has 26 heavy (non-hydrogen) atoms. The van der Waals surface area contributed by atoms with Crippen molar-refractivity contribution in [2.45, 2.75) is 31.5 Å². The number of ether oxygens (including phenoxy) is 1. The van der Waals surface area contributed by atoms with Gasteiger partial charge < -0.3 is 25.6 Å². The van der Waals surface area contributed by atoms with Crippen LogP contribution >= 0.6 is 0 Å². The third kappa shape index (κ3) is 3.50. The molecule has 1 aromatic rings. The summed E-state index contributed by atoms with van der Waals surface area (Å²) in [6.07, 6.45) is 0.417. The van der Waals surface area contributed by atoms with Crippen molar-refractivity contribution >= 4 is 17.7 Å². The van der Waals surface area contributed by atoms with E-state index in [0.717, 1.165) is 11.3 Å². The van der Waals surface area contributed by atoms with Crippen molar-refractivity contribution in [2.24, 2.45) is 5.73 Å². The zero-order valence-electron chi connectivity index (χ0n) is 15.0. The molecule has 3 atom stereocenters. The van der Waals surface area contributed by atoms with Gasteiger partial charge in [0.05, 0.1) is 19.7 Å². The van der Waals surface area contributed by atoms with Gasteiger partial charge in [-0.15, -0.1) is 0 Å². The molecule has 0 saturated carbocycles. The van der Waals surface area contributed by atoms with Gasteiger partial charge in [-0.2, -0.15) is 0 Å². The smallest absolute Gasteiger partial charge is 0.246 e. The maximum Gasteiger partial charge on any atom is 0.246 e. The Morgan fingerprint density at radius 2 is 2.00 bits per heavy atom. The van der Waals surface area contributed by atoms with Gasteiger partial charge in [0, 0.05) is 19.5 Å². The summed E-state index contributed by atoms with van der Waals surface area (Å²) in [4.78, 5) is 40.5. The second-order valence-corrected chi connectivity index (χ2v) is 6.73. The molecular formula is C18H24N4O4. The predicted octanol–water partition coefficient (Wildman–Crippen LogP) is -0.877. The molecule has 3 N–H and O–H groups in total. The van der Waals surface area contributed by atoms with E-state index in [1.165, 1.54) is 0 Å². The van der Waals surface area contributed by atoms with Gasteiger partial charge in [0.15, 0.2) is 0 Å². The summed E-state index contributed by atoms with van der Waals surface area (Å²) in [7, 11) is 1.59. The highest BCUT2D eigenvalue weighted by atomic mass is 16.5. The standard InChI is InChI=1S/C18H24N4O4/c1-11(19)17(24)21-7-8-22-15(10-21)16(23)20-14(18(22)25)9-12-3-5-13(26-2)6-4-12/h3-6,11,14-15H,7-10,19H2,1-2H3,(H,20,23)/t11-,14-,15+/m0/s1. The van der Waals surface area contributed by atoms with Crippen molar-refractivity contribution in [2.75, 3.05) is 26.7 Å². The molecule has 140 valence electrons. The Balaban J connectivity index is 1.68. The number of benzene rings is 1. The van der Waals surface area contributed by atoms with Gasteiger partial charge in [0.25, 0.3) is 0 Å². The number of hydrogen-bond donors (Lipinski definition) is 2. The van der Waals surface area contributed by atoms with Crippen molar-refractivity contribution in [3.63, 3.8) is 0 Å². The first-order chi connectivity index (χ1) is 12.4. The summed E-state index contributed by atoms with van der Waals surface area (Å²) < 4.78 is 5.13. The monoisotopic (exact) mass is 360 g/mol. The van der Waals surface area contributed by atoms with Gasteiger partial charge in [-0.05, 0) is 24.6 Å². The zero-order chi connectivity index (χ0) is 18.8. The molecule has 0 bridgehead atoms. The maximum atomic E-state index is 12.8. The van der Waals surface area contributed by atoms with Crippen molar-refractivity contribution in [3.05, 3.63) is 29.8 Å². The quantitative estimate of drug-likeness (QED) is 0.726. The molecule has 2 aliphatic rings. The molecule has 3 rings (SSSR count). The number of piperazine rings is 2. The van der Waals surface area contributed by atoms with E-state index in [1.807, 2.05) is 24.3 Å². The first kappa shape index (κ1) is 18.2. The molecule has 0 radical (unpaired) electrons. The fourth-order valence-electron chi connectivity index (χ4n) is 3.42. The van der Waals surface area contributed by atoms with Crippen molar-refractivity contribution in [1.29, 1.82) is 0 Å². The molecular weight excluding hydrogens is 336 g/mol. The van der Waals surface area contributed by atoms with E-state index in [0.29, 0.717) is 19.5 Å². The van der Waals surface area contributed by atoms with E-state index in [4.69, 9.17) is 10.5 Å². The number of methoxy groups -OCH3 is 1. The molecule has 8 heteroatoms. The number of carbonyl (C=O) groups excluding carboxylic acids is 3. The van der Waals surface area contributed by atoms with Crippen LogP contribution in [0.4, 0.5) is 0 Å². The summed E-state index contributed by atoms with van der Waals surface area (Å²) in [5.41, 5.74) is 6.58. The normalized spacial score (nSPS) is 24.0. The van der Waals surface area contributed by atoms with Crippen LogP contribution in [0.1, 0.15) is 12.5 Å². The van der Waals surface area contributed by atoms with Crippen LogP contribution < -0.4 is 15.8 Å². The Kier molecular flexibility index (Phi) is 5.13. The number of nitrogens with two attached hydrogens (primary N) is 1. The third-order valence-electron chi connectivity index (χ3n) is 4.88. The summed E-state index contributed by atoms with van der Waals surface area (Å²) in [5, 5.41) is 2.80. The second kappa shape index (κ2) is 7.33. The Labute approximate surface area is 152 Å². The van der Waals surface area contributed by atoms with Gasteiger partial charge >= 0.3 is 0 Å². The van der Waals surface area contributed by atoms with E-state index >= 15 is 0 Å². The molecule has 2 aliphatic heterocycles. The lowest BCUT2D eigenvalue weighted by Crippen LogP contribution is -2.70. The Morgan fingerprint density at radius 3 is 2.62 bits per heavy atom. The number of amides is 3. The fraction of sp³-hybridized carbons (Fsp3) is 0.500. The summed E-state index contributed by atoms with van der Waals surface area (Å²) in [6, 6.07) is 5.55. The van der Waals surface area contributed by atoms with Gasteiger partial charge in [0.1, 0.15) is 17.8 Å². The molecule has 2 fully saturated rings. The molecule has 8 nitrogen and oxygen atoms in total. The minimum Gasteiger partial charge on any atom is -0.497 e. The lowest BCUT2D eigenvalue weighted by Gasteiger charge is -2.45. The van der Waals surface area contributed by atoms with Crippen LogP contribution in [0.25, 0.3) is 0 Å². The molecule has 0 aliphatic carbocycles. The summed E-state index contributed by atoms with van der Waals surface area (Å²) >= 11 is 0. The molecule has 0 unspecified atom stereocenters. The molecule has 2 heterocycles. The maximum absolute atomic E-state index is 12.8. The minimum atomic E-state index is -0.647. The largest absolute Gasteiger partial charge is 0.497 e. The Morgan fingerprint density at radius 1 is 1.31 bits per heavy atom. The van der Waals surface area contributed by atoms with E-state index < -0.39 is 18.1 Å². The Bertz CT molecular complexity index is 704. The first-order valence-corrected chi connectivity index (χ1v) is 8.69. The topological polar surface area (TPSA) is 105 Å². The average Bonchev–Trinajstić information content (AvgIpc) is 2.65. The second-order valence-electron chi connectivity index (χ2n) is 6.73. The molecule has 0 spiro atoms. The Hall–Kier alpha value is -2.61. The third-order valence-corrected chi connectivity index (χ3v) is 4.88. The van der Waals surface area contributed by atoms with Crippen LogP contribution in [0.5, 0.6) is 5.75 Å². The van der Waals surface area contributed by atoms with Crippen molar-refractivity contribution in [1.82, 2.24) is 15.1 Å². The van der Waals surface area contributed by atoms with Crippen LogP contribution in [0.15, 0.2) is 24.3 Å².